The van der Waals surface area contributed by atoms with Gasteiger partial charge in [0, 0.05) is 65.4 Å². The van der Waals surface area contributed by atoms with E-state index in [1.165, 1.54) is 13.3 Å². The van der Waals surface area contributed by atoms with Gasteiger partial charge in [-0.15, -0.1) is 5.56 Å². The summed E-state index contributed by atoms with van der Waals surface area (Å²) < 4.78 is 95.9. The summed E-state index contributed by atoms with van der Waals surface area (Å²) in [6.07, 6.45) is -1.96. The van der Waals surface area contributed by atoms with Crippen molar-refractivity contribution in [3.8, 4) is 0 Å². The summed E-state index contributed by atoms with van der Waals surface area (Å²) >= 11 is 0. The van der Waals surface area contributed by atoms with Gasteiger partial charge in [-0.3, -0.25) is 8.78 Å². The second kappa shape index (κ2) is 16.5. The molecule has 1 rings (SSSR count). The molecule has 0 amide bonds. The Morgan fingerprint density at radius 2 is 1.04 bits per heavy atom. The molecule has 0 saturated heterocycles. The fourth-order valence-corrected chi connectivity index (χ4v) is 0.875. The van der Waals surface area contributed by atoms with Crippen molar-refractivity contribution in [2.24, 2.45) is 5.92 Å². The number of benzene rings is 1. The van der Waals surface area contributed by atoms with Crippen LogP contribution in [-0.2, 0) is 65.4 Å². The summed E-state index contributed by atoms with van der Waals surface area (Å²) in [4.78, 5) is 0. The van der Waals surface area contributed by atoms with Crippen molar-refractivity contribution < 1.29 is 101 Å². The van der Waals surface area contributed by atoms with Crippen molar-refractivity contribution >= 4 is 0 Å². The Kier molecular flexibility index (Phi) is 21.5. The molecule has 1 aromatic rings. The Balaban J connectivity index is -0.000000162. The normalized spacial score (nSPS) is 10.1. The van der Waals surface area contributed by atoms with Gasteiger partial charge in [-0.25, -0.2) is 32.3 Å². The van der Waals surface area contributed by atoms with Gasteiger partial charge in [0.05, 0.1) is 11.6 Å². The van der Waals surface area contributed by atoms with E-state index >= 15 is 0 Å². The van der Waals surface area contributed by atoms with Crippen molar-refractivity contribution in [1.82, 2.24) is 0 Å². The fraction of sp³-hybridized carbons (Fsp3) is 0.529. The number of rotatable bonds is 2. The molecule has 2 radical (unpaired) electrons. The van der Waals surface area contributed by atoms with E-state index in [1.54, 1.807) is 0 Å². The first-order valence-corrected chi connectivity index (χ1v) is 7.40. The van der Waals surface area contributed by atoms with E-state index in [-0.39, 0.29) is 65.4 Å². The summed E-state index contributed by atoms with van der Waals surface area (Å²) in [6, 6.07) is 0. The van der Waals surface area contributed by atoms with Crippen LogP contribution >= 0.6 is 0 Å². The molecule has 0 aliphatic carbocycles. The van der Waals surface area contributed by atoms with Crippen LogP contribution in [0, 0.1) is 47.3 Å². The van der Waals surface area contributed by atoms with Crippen LogP contribution in [0.25, 0.3) is 0 Å². The Morgan fingerprint density at radius 1 is 0.815 bits per heavy atom. The molecule has 1 aromatic carbocycles. The maximum absolute atomic E-state index is 12.7. The quantitative estimate of drug-likeness (QED) is 0.157. The van der Waals surface area contributed by atoms with Crippen LogP contribution in [0.2, 0.25) is 0 Å². The van der Waals surface area contributed by atoms with Gasteiger partial charge in [-0.1, -0.05) is 34.1 Å². The van der Waals surface area contributed by atoms with Crippen molar-refractivity contribution in [2.45, 2.75) is 54.1 Å². The molecule has 154 valence electrons. The van der Waals surface area contributed by atoms with Crippen molar-refractivity contribution in [2.75, 3.05) is 0 Å². The maximum atomic E-state index is 12.7. The third-order valence-corrected chi connectivity index (χ3v) is 2.92. The first kappa shape index (κ1) is 35.2. The molecule has 0 fully saturated rings. The Morgan fingerprint density at radius 3 is 1.19 bits per heavy atom. The first-order valence-electron chi connectivity index (χ1n) is 7.40. The first-order chi connectivity index (χ1) is 11.2. The van der Waals surface area contributed by atoms with E-state index in [4.69, 9.17) is 0 Å². The number of halogens is 8. The SMILES string of the molecule is CCC(C)C.C[C-](C)C(F)(F)F.C[CH-]c1c(F)c(F)c(F)c(F)c1F.[Y].[Y]. The van der Waals surface area contributed by atoms with Gasteiger partial charge in [0.25, 0.3) is 6.18 Å². The van der Waals surface area contributed by atoms with E-state index < -0.39 is 46.7 Å². The predicted octanol–water partition coefficient (Wildman–Crippen LogP) is 7.16. The molecule has 0 N–H and O–H groups in total. The molecule has 0 nitrogen and oxygen atoms in total. The summed E-state index contributed by atoms with van der Waals surface area (Å²) in [5.74, 6) is -9.22. The predicted molar refractivity (Wildman–Crippen MR) is 81.1 cm³/mol. The minimum Gasteiger partial charge on any atom is -0.280 e. The Bertz CT molecular complexity index is 500. The zero-order valence-corrected chi connectivity index (χ0v) is 21.7. The molecule has 0 heterocycles. The van der Waals surface area contributed by atoms with Gasteiger partial charge in [0.15, 0.2) is 5.82 Å². The van der Waals surface area contributed by atoms with Gasteiger partial charge >= 0.3 is 0 Å². The molecular formula is C17H22F8Y2-2. The van der Waals surface area contributed by atoms with Crippen LogP contribution in [0.3, 0.4) is 0 Å². The van der Waals surface area contributed by atoms with Gasteiger partial charge < -0.3 is 0 Å². The van der Waals surface area contributed by atoms with Crippen molar-refractivity contribution in [1.29, 1.82) is 0 Å². The molecular weight excluding hydrogens is 534 g/mol. The van der Waals surface area contributed by atoms with Gasteiger partial charge in [0.2, 0.25) is 0 Å². The van der Waals surface area contributed by atoms with E-state index in [2.05, 4.69) is 20.8 Å². The standard InChI is InChI=1S/C8H4F5.C5H12.C4H6F3.2Y/c1-2-3-4(9)6(11)8(13)7(12)5(3)10;1-4-5(2)3;1-3(2)4(5,6)7;;/h2H,1H3;5H,4H2,1-3H3;1-2H3;;/q-1;;-1;;. The monoisotopic (exact) mass is 556 g/mol. The molecule has 0 aromatic heterocycles. The molecule has 0 spiro atoms. The van der Waals surface area contributed by atoms with Crippen LogP contribution in [0.5, 0.6) is 0 Å². The molecule has 0 bridgehead atoms. The van der Waals surface area contributed by atoms with E-state index in [9.17, 15) is 35.1 Å². The third-order valence-electron chi connectivity index (χ3n) is 2.92. The molecule has 0 aliphatic heterocycles. The number of hydrogen-bond acceptors (Lipinski definition) is 0. The summed E-state index contributed by atoms with van der Waals surface area (Å²) in [5, 5.41) is 0. The Hall–Kier alpha value is 0.738. The van der Waals surface area contributed by atoms with Crippen LogP contribution < -0.4 is 0 Å². The molecule has 0 atom stereocenters. The molecule has 27 heavy (non-hydrogen) atoms. The van der Waals surface area contributed by atoms with Crippen LogP contribution in [-0.4, -0.2) is 6.18 Å². The summed E-state index contributed by atoms with van der Waals surface area (Å²) in [5.41, 5.74) is -0.906. The zero-order valence-electron chi connectivity index (χ0n) is 16.0. The topological polar surface area (TPSA) is 0 Å². The average Bonchev–Trinajstić information content (AvgIpc) is 2.52. The fourth-order valence-electron chi connectivity index (χ4n) is 0.875. The second-order valence-electron chi connectivity index (χ2n) is 5.57. The minimum absolute atomic E-state index is 0. The second-order valence-corrected chi connectivity index (χ2v) is 5.57. The van der Waals surface area contributed by atoms with Gasteiger partial charge in [0.1, 0.15) is 11.6 Å². The van der Waals surface area contributed by atoms with Gasteiger partial charge in [-0.2, -0.15) is 20.3 Å². The van der Waals surface area contributed by atoms with Crippen LogP contribution in [0.1, 0.15) is 53.5 Å². The average molecular weight is 556 g/mol. The Labute approximate surface area is 206 Å². The molecule has 10 heteroatoms. The number of hydrogen-bond donors (Lipinski definition) is 0. The van der Waals surface area contributed by atoms with Gasteiger partial charge in [-0.05, 0) is 5.92 Å². The molecule has 0 aliphatic rings. The third kappa shape index (κ3) is 13.6. The summed E-state index contributed by atoms with van der Waals surface area (Å²) in [7, 11) is 0. The number of alkyl halides is 3. The molecule has 0 saturated carbocycles. The smallest absolute Gasteiger partial charge is 0.272 e. The minimum atomic E-state index is -4.08. The van der Waals surface area contributed by atoms with Crippen molar-refractivity contribution in [3.63, 3.8) is 0 Å². The van der Waals surface area contributed by atoms with E-state index in [0.717, 1.165) is 26.2 Å². The summed E-state index contributed by atoms with van der Waals surface area (Å²) in [6.45, 7) is 9.91. The maximum Gasteiger partial charge on any atom is 0.272 e. The van der Waals surface area contributed by atoms with E-state index in [0.29, 0.717) is 0 Å². The van der Waals surface area contributed by atoms with Crippen molar-refractivity contribution in [3.05, 3.63) is 47.0 Å². The molecule has 0 unspecified atom stereocenters. The zero-order chi connectivity index (χ0) is 20.5. The van der Waals surface area contributed by atoms with E-state index in [1.807, 2.05) is 0 Å². The largest absolute Gasteiger partial charge is 0.280 e. The van der Waals surface area contributed by atoms with Crippen LogP contribution in [0.4, 0.5) is 35.1 Å². The van der Waals surface area contributed by atoms with Crippen LogP contribution in [0.15, 0.2) is 0 Å².